The molecule has 1 aliphatic rings. The molecule has 4 heterocycles. The molecular formula is C20H24N6. The topological polar surface area (TPSA) is 59.7 Å². The van der Waals surface area contributed by atoms with E-state index >= 15 is 0 Å². The molecule has 0 aliphatic carbocycles. The Morgan fingerprint density at radius 1 is 1.19 bits per heavy atom. The number of aromatic nitrogens is 5. The normalized spacial score (nSPS) is 19.1. The molecule has 0 spiro atoms. The van der Waals surface area contributed by atoms with Crippen LogP contribution in [0.15, 0.2) is 42.9 Å². The van der Waals surface area contributed by atoms with Crippen LogP contribution in [-0.4, -0.2) is 37.8 Å². The van der Waals surface area contributed by atoms with Gasteiger partial charge < -0.3 is 4.90 Å². The third-order valence-corrected chi connectivity index (χ3v) is 5.13. The van der Waals surface area contributed by atoms with E-state index in [1.807, 2.05) is 43.0 Å². The fraction of sp³-hybridized carbons (Fsp3) is 0.400. The Bertz CT molecular complexity index is 915. The first-order valence-corrected chi connectivity index (χ1v) is 8.93. The second-order valence-electron chi connectivity index (χ2n) is 7.78. The third-order valence-electron chi connectivity index (χ3n) is 5.13. The average molecular weight is 348 g/mol. The molecular weight excluding hydrogens is 324 g/mol. The van der Waals surface area contributed by atoms with Gasteiger partial charge in [0.15, 0.2) is 5.82 Å². The van der Waals surface area contributed by atoms with Crippen molar-refractivity contribution in [3.63, 3.8) is 0 Å². The van der Waals surface area contributed by atoms with Gasteiger partial charge in [0, 0.05) is 50.2 Å². The van der Waals surface area contributed by atoms with Crippen LogP contribution in [0, 0.1) is 12.3 Å². The van der Waals surface area contributed by atoms with E-state index in [0.29, 0.717) is 11.7 Å². The van der Waals surface area contributed by atoms with Gasteiger partial charge in [0.2, 0.25) is 0 Å². The highest BCUT2D eigenvalue weighted by Gasteiger charge is 2.41. The van der Waals surface area contributed by atoms with Crippen LogP contribution in [0.3, 0.4) is 0 Å². The summed E-state index contributed by atoms with van der Waals surface area (Å²) >= 11 is 0. The summed E-state index contributed by atoms with van der Waals surface area (Å²) in [7, 11) is 1.97. The van der Waals surface area contributed by atoms with E-state index in [-0.39, 0.29) is 5.41 Å². The minimum absolute atomic E-state index is 0.146. The van der Waals surface area contributed by atoms with Crippen LogP contribution in [0.5, 0.6) is 0 Å². The molecule has 1 saturated heterocycles. The Kier molecular flexibility index (Phi) is 3.98. The van der Waals surface area contributed by atoms with E-state index in [0.717, 1.165) is 30.3 Å². The van der Waals surface area contributed by atoms with E-state index < -0.39 is 0 Å². The number of rotatable bonds is 3. The lowest BCUT2D eigenvalue weighted by atomic mass is 9.79. The highest BCUT2D eigenvalue weighted by molar-refractivity contribution is 5.54. The SMILES string of the molecule is Cc1cc(N2CC(c3cnn(C)c3)C(C)(C)C2)nc(-c2ccccn2)n1. The van der Waals surface area contributed by atoms with Gasteiger partial charge in [-0.05, 0) is 30.0 Å². The van der Waals surface area contributed by atoms with E-state index in [2.05, 4.69) is 46.1 Å². The highest BCUT2D eigenvalue weighted by Crippen LogP contribution is 2.43. The van der Waals surface area contributed by atoms with Gasteiger partial charge in [-0.1, -0.05) is 19.9 Å². The van der Waals surface area contributed by atoms with Gasteiger partial charge in [-0.2, -0.15) is 5.10 Å². The summed E-state index contributed by atoms with van der Waals surface area (Å²) in [5, 5.41) is 4.36. The fourth-order valence-corrected chi connectivity index (χ4v) is 3.81. The summed E-state index contributed by atoms with van der Waals surface area (Å²) in [4.78, 5) is 16.2. The summed E-state index contributed by atoms with van der Waals surface area (Å²) in [6, 6.07) is 7.88. The first-order chi connectivity index (χ1) is 12.4. The van der Waals surface area contributed by atoms with Crippen LogP contribution in [0.2, 0.25) is 0 Å². The maximum atomic E-state index is 4.82. The molecule has 3 aromatic heterocycles. The maximum Gasteiger partial charge on any atom is 0.180 e. The van der Waals surface area contributed by atoms with E-state index in [1.54, 1.807) is 6.20 Å². The highest BCUT2D eigenvalue weighted by atomic mass is 15.3. The predicted octanol–water partition coefficient (Wildman–Crippen LogP) is 3.21. The maximum absolute atomic E-state index is 4.82. The van der Waals surface area contributed by atoms with Gasteiger partial charge in [0.1, 0.15) is 11.5 Å². The average Bonchev–Trinajstić information content (AvgIpc) is 3.17. The number of pyridine rings is 1. The van der Waals surface area contributed by atoms with Gasteiger partial charge in [-0.25, -0.2) is 9.97 Å². The summed E-state index contributed by atoms with van der Waals surface area (Å²) < 4.78 is 1.88. The number of anilines is 1. The summed E-state index contributed by atoms with van der Waals surface area (Å²) in [6.45, 7) is 8.52. The predicted molar refractivity (Wildman–Crippen MR) is 102 cm³/mol. The molecule has 1 atom stereocenters. The minimum Gasteiger partial charge on any atom is -0.355 e. The Balaban J connectivity index is 1.67. The van der Waals surface area contributed by atoms with Crippen LogP contribution < -0.4 is 4.90 Å². The third kappa shape index (κ3) is 3.07. The monoisotopic (exact) mass is 348 g/mol. The molecule has 0 amide bonds. The molecule has 1 fully saturated rings. The van der Waals surface area contributed by atoms with Crippen molar-refractivity contribution in [3.8, 4) is 11.5 Å². The molecule has 4 rings (SSSR count). The first kappa shape index (κ1) is 16.7. The number of aryl methyl sites for hydroxylation is 2. The Hall–Kier alpha value is -2.76. The molecule has 0 radical (unpaired) electrons. The van der Waals surface area contributed by atoms with Crippen LogP contribution >= 0.6 is 0 Å². The zero-order chi connectivity index (χ0) is 18.3. The van der Waals surface area contributed by atoms with Crippen molar-refractivity contribution in [2.75, 3.05) is 18.0 Å². The molecule has 0 saturated carbocycles. The molecule has 0 aromatic carbocycles. The molecule has 26 heavy (non-hydrogen) atoms. The minimum atomic E-state index is 0.146. The van der Waals surface area contributed by atoms with Crippen molar-refractivity contribution in [1.29, 1.82) is 0 Å². The van der Waals surface area contributed by atoms with Crippen molar-refractivity contribution in [3.05, 3.63) is 54.1 Å². The molecule has 1 unspecified atom stereocenters. The van der Waals surface area contributed by atoms with Crippen molar-refractivity contribution in [2.24, 2.45) is 12.5 Å². The van der Waals surface area contributed by atoms with Gasteiger partial charge in [0.05, 0.1) is 6.20 Å². The molecule has 6 heteroatoms. The molecule has 0 bridgehead atoms. The molecule has 0 N–H and O–H groups in total. The van der Waals surface area contributed by atoms with Crippen LogP contribution in [0.1, 0.15) is 31.0 Å². The zero-order valence-electron chi connectivity index (χ0n) is 15.7. The van der Waals surface area contributed by atoms with Crippen LogP contribution in [0.4, 0.5) is 5.82 Å². The number of hydrogen-bond acceptors (Lipinski definition) is 5. The lowest BCUT2D eigenvalue weighted by Gasteiger charge is -2.24. The van der Waals surface area contributed by atoms with Crippen molar-refractivity contribution >= 4 is 5.82 Å². The summed E-state index contributed by atoms with van der Waals surface area (Å²) in [5.41, 5.74) is 3.20. The fourth-order valence-electron chi connectivity index (χ4n) is 3.81. The molecule has 6 nitrogen and oxygen atoms in total. The smallest absolute Gasteiger partial charge is 0.180 e. The van der Waals surface area contributed by atoms with E-state index in [9.17, 15) is 0 Å². The largest absolute Gasteiger partial charge is 0.355 e. The summed E-state index contributed by atoms with van der Waals surface area (Å²) in [6.07, 6.45) is 5.89. The van der Waals surface area contributed by atoms with E-state index in [4.69, 9.17) is 4.98 Å². The standard InChI is InChI=1S/C20H24N6/c1-14-9-18(24-19(23-14)17-7-5-6-8-21-17)26-12-16(20(2,3)13-26)15-10-22-25(4)11-15/h5-11,16H,12-13H2,1-4H3. The quantitative estimate of drug-likeness (QED) is 0.727. The van der Waals surface area contributed by atoms with Gasteiger partial charge in [-0.3, -0.25) is 9.67 Å². The van der Waals surface area contributed by atoms with E-state index in [1.165, 1.54) is 5.56 Å². The lowest BCUT2D eigenvalue weighted by molar-refractivity contribution is 0.365. The Labute approximate surface area is 153 Å². The van der Waals surface area contributed by atoms with Gasteiger partial charge in [-0.15, -0.1) is 0 Å². The van der Waals surface area contributed by atoms with Crippen molar-refractivity contribution < 1.29 is 0 Å². The van der Waals surface area contributed by atoms with Gasteiger partial charge >= 0.3 is 0 Å². The second kappa shape index (κ2) is 6.20. The summed E-state index contributed by atoms with van der Waals surface area (Å²) in [5.74, 6) is 2.07. The first-order valence-electron chi connectivity index (χ1n) is 8.93. The molecule has 3 aromatic rings. The number of hydrogen-bond donors (Lipinski definition) is 0. The molecule has 1 aliphatic heterocycles. The number of nitrogens with zero attached hydrogens (tertiary/aromatic N) is 6. The molecule has 134 valence electrons. The lowest BCUT2D eigenvalue weighted by Crippen LogP contribution is -2.24. The second-order valence-corrected chi connectivity index (χ2v) is 7.78. The Morgan fingerprint density at radius 3 is 2.73 bits per heavy atom. The van der Waals surface area contributed by atoms with Crippen LogP contribution in [-0.2, 0) is 7.05 Å². The zero-order valence-corrected chi connectivity index (χ0v) is 15.7. The van der Waals surface area contributed by atoms with Crippen LogP contribution in [0.25, 0.3) is 11.5 Å². The Morgan fingerprint density at radius 2 is 2.04 bits per heavy atom. The van der Waals surface area contributed by atoms with Crippen molar-refractivity contribution in [1.82, 2.24) is 24.7 Å². The van der Waals surface area contributed by atoms with Crippen molar-refractivity contribution in [2.45, 2.75) is 26.7 Å². The van der Waals surface area contributed by atoms with Gasteiger partial charge in [0.25, 0.3) is 0 Å².